The van der Waals surface area contributed by atoms with E-state index in [2.05, 4.69) is 25.9 Å². The number of methoxy groups -OCH3 is 1. The van der Waals surface area contributed by atoms with Crippen molar-refractivity contribution in [3.63, 3.8) is 0 Å². The average molecular weight is 410 g/mol. The average Bonchev–Trinajstić information content (AvgIpc) is 3.58. The van der Waals surface area contributed by atoms with Crippen LogP contribution in [0.15, 0.2) is 30.6 Å². The first kappa shape index (κ1) is 20.0. The number of fused-ring (bicyclic) bond motifs is 3. The second kappa shape index (κ2) is 9.00. The number of hydrogen-bond acceptors (Lipinski definition) is 7. The van der Waals surface area contributed by atoms with Crippen LogP contribution in [0.3, 0.4) is 0 Å². The Balaban J connectivity index is 0.000000667. The fourth-order valence-electron chi connectivity index (χ4n) is 2.98. The summed E-state index contributed by atoms with van der Waals surface area (Å²) < 4.78 is 12.5. The monoisotopic (exact) mass is 410 g/mol. The molecule has 2 aliphatic rings. The van der Waals surface area contributed by atoms with Gasteiger partial charge in [-0.15, -0.1) is 0 Å². The lowest BCUT2D eigenvalue weighted by Crippen LogP contribution is -2.31. The molecular weight excluding hydrogens is 384 g/mol. The van der Waals surface area contributed by atoms with Gasteiger partial charge in [0.1, 0.15) is 23.4 Å². The van der Waals surface area contributed by atoms with Crippen molar-refractivity contribution < 1.29 is 14.3 Å². The normalized spacial score (nSPS) is 15.3. The number of amides is 1. The van der Waals surface area contributed by atoms with E-state index in [9.17, 15) is 4.79 Å². The second-order valence-electron chi connectivity index (χ2n) is 7.10. The van der Waals surface area contributed by atoms with Crippen LogP contribution in [0.5, 0.6) is 5.75 Å². The largest absolute Gasteiger partial charge is 0.495 e. The number of anilines is 3. The van der Waals surface area contributed by atoms with Crippen molar-refractivity contribution in [2.75, 3.05) is 37.9 Å². The highest BCUT2D eigenvalue weighted by Gasteiger charge is 2.16. The molecule has 2 aromatic heterocycles. The van der Waals surface area contributed by atoms with Gasteiger partial charge in [0.05, 0.1) is 31.7 Å². The summed E-state index contributed by atoms with van der Waals surface area (Å²) in [7, 11) is 3.42. The van der Waals surface area contributed by atoms with Crippen molar-refractivity contribution in [2.24, 2.45) is 0 Å². The van der Waals surface area contributed by atoms with Crippen LogP contribution in [0.25, 0.3) is 11.2 Å². The predicted molar refractivity (Wildman–Crippen MR) is 116 cm³/mol. The molecule has 0 spiro atoms. The van der Waals surface area contributed by atoms with E-state index in [1.54, 1.807) is 14.2 Å². The maximum Gasteiger partial charge on any atom is 0.328 e. The Hall–Kier alpha value is -3.33. The summed E-state index contributed by atoms with van der Waals surface area (Å²) in [4.78, 5) is 21.4. The number of carbonyl (C=O) groups excluding carboxylic acids is 1. The molecule has 0 saturated heterocycles. The topological polar surface area (TPSA) is 102 Å². The summed E-state index contributed by atoms with van der Waals surface area (Å²) in [6.45, 7) is 1.21. The molecule has 0 unspecified atom stereocenters. The Kier molecular flexibility index (Phi) is 5.99. The number of pyridine rings is 1. The summed E-state index contributed by atoms with van der Waals surface area (Å²) >= 11 is 0. The molecule has 0 radical (unpaired) electrons. The van der Waals surface area contributed by atoms with E-state index >= 15 is 0 Å². The third-order valence-electron chi connectivity index (χ3n) is 4.66. The molecule has 3 heterocycles. The van der Waals surface area contributed by atoms with Crippen LogP contribution < -0.4 is 20.7 Å². The van der Waals surface area contributed by atoms with Gasteiger partial charge in [0.15, 0.2) is 5.65 Å². The Morgan fingerprint density at radius 2 is 2.07 bits per heavy atom. The third kappa shape index (κ3) is 4.46. The lowest BCUT2D eigenvalue weighted by atomic mass is 10.2. The van der Waals surface area contributed by atoms with Gasteiger partial charge in [-0.3, -0.25) is 0 Å². The minimum absolute atomic E-state index is 0.305. The SMILES string of the molecule is C1CC1.CNc1cc2nc3c1ncn3C(=O)NCCOCc1ccc(OC)c(c1)N2. The van der Waals surface area contributed by atoms with Crippen molar-refractivity contribution in [3.8, 4) is 5.75 Å². The van der Waals surface area contributed by atoms with Gasteiger partial charge in [-0.2, -0.15) is 0 Å². The number of carbonyl (C=O) groups is 1. The van der Waals surface area contributed by atoms with Crippen LogP contribution in [0, 0.1) is 0 Å². The van der Waals surface area contributed by atoms with E-state index in [1.165, 1.54) is 30.2 Å². The quantitative estimate of drug-likeness (QED) is 0.594. The van der Waals surface area contributed by atoms with Crippen molar-refractivity contribution in [2.45, 2.75) is 25.9 Å². The molecule has 4 bridgehead atoms. The molecule has 1 amide bonds. The highest BCUT2D eigenvalue weighted by Crippen LogP contribution is 2.31. The van der Waals surface area contributed by atoms with Gasteiger partial charge >= 0.3 is 6.03 Å². The number of ether oxygens (including phenoxy) is 2. The highest BCUT2D eigenvalue weighted by molar-refractivity contribution is 5.94. The number of nitrogens with zero attached hydrogens (tertiary/aromatic N) is 3. The molecule has 5 rings (SSSR count). The molecule has 1 fully saturated rings. The van der Waals surface area contributed by atoms with Crippen molar-refractivity contribution in [1.82, 2.24) is 19.9 Å². The van der Waals surface area contributed by atoms with E-state index in [1.807, 2.05) is 24.3 Å². The molecule has 3 aromatic rings. The van der Waals surface area contributed by atoms with Crippen LogP contribution >= 0.6 is 0 Å². The zero-order valence-corrected chi connectivity index (χ0v) is 17.2. The first-order valence-corrected chi connectivity index (χ1v) is 10.1. The highest BCUT2D eigenvalue weighted by atomic mass is 16.5. The summed E-state index contributed by atoms with van der Waals surface area (Å²) in [5.74, 6) is 1.25. The van der Waals surface area contributed by atoms with Crippen molar-refractivity contribution >= 4 is 34.4 Å². The molecule has 30 heavy (non-hydrogen) atoms. The number of nitrogens with one attached hydrogen (secondary N) is 3. The van der Waals surface area contributed by atoms with Gasteiger partial charge in [0.25, 0.3) is 0 Å². The minimum atomic E-state index is -0.305. The van der Waals surface area contributed by atoms with E-state index < -0.39 is 0 Å². The predicted octanol–water partition coefficient (Wildman–Crippen LogP) is 3.48. The molecule has 1 aliphatic carbocycles. The van der Waals surface area contributed by atoms with Crippen molar-refractivity contribution in [3.05, 3.63) is 36.2 Å². The lowest BCUT2D eigenvalue weighted by molar-refractivity contribution is 0.123. The standard InChI is InChI=1S/C18H20N6O3.C3H6/c1-19-13-8-15-22-12-7-11(3-4-14(12)26-2)9-27-6-5-20-18(25)24-10-21-16(13)17(24)23-15;1-2-3-1/h3-4,7-8,10H,5-6,9H2,1-2H3,(H,20,25)(H2,19,22,23);1-3H2. The van der Waals surface area contributed by atoms with Gasteiger partial charge in [0, 0.05) is 19.7 Å². The van der Waals surface area contributed by atoms with Gasteiger partial charge in [-0.05, 0) is 17.7 Å². The molecule has 158 valence electrons. The summed E-state index contributed by atoms with van der Waals surface area (Å²) in [5.41, 5.74) is 3.58. The van der Waals surface area contributed by atoms with Gasteiger partial charge in [0.2, 0.25) is 0 Å². The summed E-state index contributed by atoms with van der Waals surface area (Å²) in [6.07, 6.45) is 5.96. The molecule has 3 N–H and O–H groups in total. The molecule has 1 aromatic carbocycles. The van der Waals surface area contributed by atoms with Crippen LogP contribution in [-0.4, -0.2) is 47.9 Å². The van der Waals surface area contributed by atoms with Crippen LogP contribution in [0.1, 0.15) is 24.8 Å². The fraction of sp³-hybridized carbons (Fsp3) is 0.381. The first-order valence-electron chi connectivity index (χ1n) is 10.1. The summed E-state index contributed by atoms with van der Waals surface area (Å²) in [6, 6.07) is 7.33. The van der Waals surface area contributed by atoms with E-state index in [-0.39, 0.29) is 6.03 Å². The van der Waals surface area contributed by atoms with Gasteiger partial charge in [-0.25, -0.2) is 19.3 Å². The Morgan fingerprint density at radius 3 is 2.80 bits per heavy atom. The Labute approximate surface area is 174 Å². The van der Waals surface area contributed by atoms with E-state index in [0.29, 0.717) is 42.5 Å². The lowest BCUT2D eigenvalue weighted by Gasteiger charge is -2.15. The van der Waals surface area contributed by atoms with Gasteiger partial charge in [-0.1, -0.05) is 25.3 Å². The van der Waals surface area contributed by atoms with E-state index in [4.69, 9.17) is 9.47 Å². The molecule has 1 aliphatic heterocycles. The molecular formula is C21H26N6O3. The summed E-state index contributed by atoms with van der Waals surface area (Å²) in [5, 5.41) is 9.19. The number of hydrogen-bond donors (Lipinski definition) is 3. The molecule has 9 heteroatoms. The maximum atomic E-state index is 12.5. The molecule has 0 atom stereocenters. The number of benzene rings is 1. The van der Waals surface area contributed by atoms with Crippen molar-refractivity contribution in [1.29, 1.82) is 0 Å². The fourth-order valence-corrected chi connectivity index (χ4v) is 2.98. The molecule has 1 saturated carbocycles. The smallest absolute Gasteiger partial charge is 0.328 e. The number of rotatable bonds is 2. The minimum Gasteiger partial charge on any atom is -0.495 e. The number of imidazole rings is 1. The Morgan fingerprint density at radius 1 is 1.23 bits per heavy atom. The van der Waals surface area contributed by atoms with Crippen LogP contribution in [0.2, 0.25) is 0 Å². The third-order valence-corrected chi connectivity index (χ3v) is 4.66. The second-order valence-corrected chi connectivity index (χ2v) is 7.10. The van der Waals surface area contributed by atoms with Crippen LogP contribution in [-0.2, 0) is 11.3 Å². The van der Waals surface area contributed by atoms with E-state index in [0.717, 1.165) is 16.9 Å². The molecule has 9 nitrogen and oxygen atoms in total. The zero-order chi connectivity index (χ0) is 20.9. The number of aromatic nitrogens is 3. The zero-order valence-electron chi connectivity index (χ0n) is 17.2. The van der Waals surface area contributed by atoms with Gasteiger partial charge < -0.3 is 25.4 Å². The van der Waals surface area contributed by atoms with Crippen LogP contribution in [0.4, 0.5) is 22.0 Å². The maximum absolute atomic E-state index is 12.5. The first-order chi connectivity index (χ1) is 14.7. The Bertz CT molecular complexity index is 1040.